The zero-order valence-corrected chi connectivity index (χ0v) is 20.7. The van der Waals surface area contributed by atoms with Gasteiger partial charge in [-0.1, -0.05) is 31.7 Å². The number of benzene rings is 1. The van der Waals surface area contributed by atoms with Crippen molar-refractivity contribution in [3.63, 3.8) is 0 Å². The van der Waals surface area contributed by atoms with Gasteiger partial charge in [0.2, 0.25) is 0 Å². The number of aromatic nitrogens is 4. The van der Waals surface area contributed by atoms with Crippen LogP contribution in [-0.2, 0) is 6.18 Å². The van der Waals surface area contributed by atoms with Crippen LogP contribution in [0.15, 0.2) is 52.5 Å². The van der Waals surface area contributed by atoms with Gasteiger partial charge >= 0.3 is 6.18 Å². The van der Waals surface area contributed by atoms with Crippen molar-refractivity contribution < 1.29 is 13.2 Å². The normalized spacial score (nSPS) is 12.1. The molecule has 3 heterocycles. The van der Waals surface area contributed by atoms with Gasteiger partial charge in [-0.2, -0.15) is 18.3 Å². The van der Waals surface area contributed by atoms with E-state index in [1.165, 1.54) is 23.4 Å². The highest BCUT2D eigenvalue weighted by atomic mass is 32.2. The number of alkyl halides is 3. The zero-order chi connectivity index (χ0) is 24.6. The number of nitrogens with zero attached hydrogens (tertiary/aromatic N) is 4. The van der Waals surface area contributed by atoms with Gasteiger partial charge in [0.25, 0.3) is 0 Å². The Bertz CT molecular complexity index is 1320. The number of rotatable bonds is 6. The molecule has 34 heavy (non-hydrogen) atoms. The number of fused-ring (bicyclic) bond motifs is 1. The molecule has 0 aliphatic rings. The van der Waals surface area contributed by atoms with Crippen molar-refractivity contribution in [1.82, 2.24) is 19.6 Å². The summed E-state index contributed by atoms with van der Waals surface area (Å²) in [6, 6.07) is 10.6. The second kappa shape index (κ2) is 9.41. The molecule has 0 spiro atoms. The van der Waals surface area contributed by atoms with Crippen LogP contribution >= 0.6 is 11.8 Å². The highest BCUT2D eigenvalue weighted by Gasteiger charge is 2.30. The Morgan fingerprint density at radius 3 is 2.32 bits per heavy atom. The monoisotopic (exact) mass is 484 g/mol. The Balaban J connectivity index is 1.71. The Morgan fingerprint density at radius 1 is 1.00 bits per heavy atom. The lowest BCUT2D eigenvalue weighted by atomic mass is 9.95. The van der Waals surface area contributed by atoms with Crippen molar-refractivity contribution in [2.75, 3.05) is 0 Å². The van der Waals surface area contributed by atoms with Gasteiger partial charge in [-0.15, -0.1) is 0 Å². The summed E-state index contributed by atoms with van der Waals surface area (Å²) in [4.78, 5) is 9.77. The number of halogens is 3. The first-order valence-corrected chi connectivity index (χ1v) is 12.1. The maximum absolute atomic E-state index is 12.8. The fourth-order valence-corrected chi connectivity index (χ4v) is 5.17. The van der Waals surface area contributed by atoms with E-state index in [-0.39, 0.29) is 0 Å². The van der Waals surface area contributed by atoms with Crippen LogP contribution in [-0.4, -0.2) is 19.6 Å². The van der Waals surface area contributed by atoms with Gasteiger partial charge in [0.05, 0.1) is 22.6 Å². The molecule has 178 valence electrons. The van der Waals surface area contributed by atoms with Crippen LogP contribution in [0.5, 0.6) is 0 Å². The number of hydrogen-bond donors (Lipinski definition) is 0. The molecular weight excluding hydrogens is 457 g/mol. The maximum atomic E-state index is 12.8. The summed E-state index contributed by atoms with van der Waals surface area (Å²) in [6.07, 6.45) is -1.43. The number of pyridine rings is 1. The third-order valence-electron chi connectivity index (χ3n) is 6.07. The molecule has 4 nitrogen and oxygen atoms in total. The summed E-state index contributed by atoms with van der Waals surface area (Å²) >= 11 is 1.33. The van der Waals surface area contributed by atoms with E-state index in [0.717, 1.165) is 63.9 Å². The van der Waals surface area contributed by atoms with Crippen molar-refractivity contribution in [3.8, 4) is 11.3 Å². The highest BCUT2D eigenvalue weighted by Crippen LogP contribution is 2.36. The molecule has 0 saturated heterocycles. The first-order chi connectivity index (χ1) is 16.1. The van der Waals surface area contributed by atoms with Gasteiger partial charge < -0.3 is 0 Å². The number of imidazole rings is 1. The number of hydrogen-bond acceptors (Lipinski definition) is 4. The van der Waals surface area contributed by atoms with E-state index >= 15 is 0 Å². The highest BCUT2D eigenvalue weighted by molar-refractivity contribution is 7.99. The summed E-state index contributed by atoms with van der Waals surface area (Å²) in [5.41, 5.74) is 6.28. The minimum atomic E-state index is -4.39. The molecule has 0 aliphatic carbocycles. The Kier molecular flexibility index (Phi) is 6.71. The zero-order valence-electron chi connectivity index (χ0n) is 19.9. The van der Waals surface area contributed by atoms with Crippen molar-refractivity contribution in [2.45, 2.75) is 69.5 Å². The Hall–Kier alpha value is -2.87. The van der Waals surface area contributed by atoms with E-state index in [1.807, 2.05) is 43.5 Å². The van der Waals surface area contributed by atoms with Gasteiger partial charge in [-0.25, -0.2) is 14.5 Å². The van der Waals surface area contributed by atoms with E-state index in [0.29, 0.717) is 10.9 Å². The molecule has 0 bridgehead atoms. The van der Waals surface area contributed by atoms with Crippen molar-refractivity contribution in [3.05, 3.63) is 70.7 Å². The van der Waals surface area contributed by atoms with Gasteiger partial charge in [-0.05, 0) is 75.4 Å². The predicted molar refractivity (Wildman–Crippen MR) is 129 cm³/mol. The SMILES string of the molecule is CCC(CC)c1cc(C)nn2c(-c3ccc(Sc4ccc(C(F)(F)F)cn4)cc3C)c(C)nc12. The van der Waals surface area contributed by atoms with Gasteiger partial charge in [0, 0.05) is 22.2 Å². The lowest BCUT2D eigenvalue weighted by Crippen LogP contribution is -2.05. The summed E-state index contributed by atoms with van der Waals surface area (Å²) in [5, 5.41) is 5.30. The first-order valence-electron chi connectivity index (χ1n) is 11.3. The van der Waals surface area contributed by atoms with Crippen LogP contribution in [0.4, 0.5) is 13.2 Å². The van der Waals surface area contributed by atoms with Gasteiger partial charge in [0.1, 0.15) is 5.03 Å². The quantitative estimate of drug-likeness (QED) is 0.280. The van der Waals surface area contributed by atoms with Crippen molar-refractivity contribution >= 4 is 17.4 Å². The minimum absolute atomic E-state index is 0.426. The lowest BCUT2D eigenvalue weighted by Gasteiger charge is -2.15. The van der Waals surface area contributed by atoms with E-state index in [9.17, 15) is 13.2 Å². The molecule has 0 N–H and O–H groups in total. The average Bonchev–Trinajstić information content (AvgIpc) is 3.10. The van der Waals surface area contributed by atoms with Crippen LogP contribution < -0.4 is 0 Å². The van der Waals surface area contributed by atoms with Crippen LogP contribution in [0.3, 0.4) is 0 Å². The number of aryl methyl sites for hydroxylation is 3. The third kappa shape index (κ3) is 4.69. The van der Waals surface area contributed by atoms with Gasteiger partial charge in [0.15, 0.2) is 5.65 Å². The fraction of sp³-hybridized carbons (Fsp3) is 0.346. The lowest BCUT2D eigenvalue weighted by molar-refractivity contribution is -0.137. The Morgan fingerprint density at radius 2 is 1.74 bits per heavy atom. The van der Waals surface area contributed by atoms with E-state index in [4.69, 9.17) is 10.1 Å². The first kappa shape index (κ1) is 24.3. The standard InChI is InChI=1S/C26H27F3N4S/c1-6-18(7-2)22-13-16(4)32-33-24(17(5)31-25(22)33)21-10-9-20(12-15(21)3)34-23-11-8-19(14-30-23)26(27,28)29/h8-14,18H,6-7H2,1-5H3. The molecule has 0 atom stereocenters. The molecule has 4 rings (SSSR count). The average molecular weight is 485 g/mol. The third-order valence-corrected chi connectivity index (χ3v) is 7.01. The molecule has 0 fully saturated rings. The predicted octanol–water partition coefficient (Wildman–Crippen LogP) is 7.79. The van der Waals surface area contributed by atoms with Crippen molar-refractivity contribution in [2.24, 2.45) is 0 Å². The van der Waals surface area contributed by atoms with Gasteiger partial charge in [-0.3, -0.25) is 0 Å². The van der Waals surface area contributed by atoms with E-state index < -0.39 is 11.7 Å². The van der Waals surface area contributed by atoms with Crippen LogP contribution in [0.25, 0.3) is 16.9 Å². The summed E-state index contributed by atoms with van der Waals surface area (Å²) in [5.74, 6) is 0.426. The molecule has 1 aromatic carbocycles. The molecule has 0 amide bonds. The van der Waals surface area contributed by atoms with Crippen molar-refractivity contribution in [1.29, 1.82) is 0 Å². The second-order valence-corrected chi connectivity index (χ2v) is 9.59. The summed E-state index contributed by atoms with van der Waals surface area (Å²) in [6.45, 7) is 10.4. The fourth-order valence-electron chi connectivity index (χ4n) is 4.31. The van der Waals surface area contributed by atoms with Crippen LogP contribution in [0.1, 0.15) is 60.7 Å². The largest absolute Gasteiger partial charge is 0.417 e. The summed E-state index contributed by atoms with van der Waals surface area (Å²) in [7, 11) is 0. The second-order valence-electron chi connectivity index (χ2n) is 8.50. The minimum Gasteiger partial charge on any atom is -0.249 e. The molecule has 4 aromatic rings. The topological polar surface area (TPSA) is 43.1 Å². The maximum Gasteiger partial charge on any atom is 0.417 e. The Labute approximate surface area is 201 Å². The van der Waals surface area contributed by atoms with Crippen LogP contribution in [0.2, 0.25) is 0 Å². The molecule has 8 heteroatoms. The smallest absolute Gasteiger partial charge is 0.249 e. The summed E-state index contributed by atoms with van der Waals surface area (Å²) < 4.78 is 40.4. The molecule has 3 aromatic heterocycles. The van der Waals surface area contributed by atoms with Crippen LogP contribution in [0, 0.1) is 20.8 Å². The molecule has 0 saturated carbocycles. The molecule has 0 radical (unpaired) electrons. The van der Waals surface area contributed by atoms with E-state index in [1.54, 1.807) is 0 Å². The molecule has 0 unspecified atom stereocenters. The molecular formula is C26H27F3N4S. The molecule has 0 aliphatic heterocycles. The van der Waals surface area contributed by atoms with E-state index in [2.05, 4.69) is 24.9 Å².